The largest absolute Gasteiger partial charge is 0.462 e. The Morgan fingerprint density at radius 2 is 1.69 bits per heavy atom. The van der Waals surface area contributed by atoms with Gasteiger partial charge in [0.1, 0.15) is 4.88 Å². The summed E-state index contributed by atoms with van der Waals surface area (Å²) in [6, 6.07) is 8.73. The Morgan fingerprint density at radius 3 is 2.34 bits per heavy atom. The molecule has 2 rings (SSSR count). The Morgan fingerprint density at radius 1 is 1.00 bits per heavy atom. The van der Waals surface area contributed by atoms with Crippen LogP contribution in [0.2, 0.25) is 0 Å². The van der Waals surface area contributed by atoms with Gasteiger partial charge in [0.15, 0.2) is 12.4 Å². The van der Waals surface area contributed by atoms with Crippen molar-refractivity contribution in [2.24, 2.45) is 0 Å². The zero-order chi connectivity index (χ0) is 21.4. The average Bonchev–Trinajstić information content (AvgIpc) is 3.05. The molecule has 1 amide bonds. The van der Waals surface area contributed by atoms with Crippen LogP contribution in [-0.2, 0) is 19.1 Å². The lowest BCUT2D eigenvalue weighted by atomic mass is 10.1. The highest BCUT2D eigenvalue weighted by molar-refractivity contribution is 7.18. The summed E-state index contributed by atoms with van der Waals surface area (Å²) in [6.07, 6.45) is -0.0956. The number of rotatable bonds is 9. The fraction of sp³-hybridized carbons (Fsp3) is 0.333. The van der Waals surface area contributed by atoms with Gasteiger partial charge in [-0.3, -0.25) is 14.4 Å². The zero-order valence-corrected chi connectivity index (χ0v) is 17.4. The van der Waals surface area contributed by atoms with Crippen LogP contribution in [0.3, 0.4) is 0 Å². The van der Waals surface area contributed by atoms with Gasteiger partial charge in [0, 0.05) is 12.0 Å². The van der Waals surface area contributed by atoms with Gasteiger partial charge in [-0.05, 0) is 32.4 Å². The van der Waals surface area contributed by atoms with Gasteiger partial charge in [-0.15, -0.1) is 11.3 Å². The van der Waals surface area contributed by atoms with Gasteiger partial charge >= 0.3 is 11.9 Å². The highest BCUT2D eigenvalue weighted by Crippen LogP contribution is 2.27. The van der Waals surface area contributed by atoms with Crippen molar-refractivity contribution in [3.63, 3.8) is 0 Å². The molecule has 0 atom stereocenters. The Balaban J connectivity index is 1.76. The average molecular weight is 417 g/mol. The molecule has 1 N–H and O–H groups in total. The van der Waals surface area contributed by atoms with Crippen LogP contribution >= 0.6 is 11.3 Å². The summed E-state index contributed by atoms with van der Waals surface area (Å²) in [4.78, 5) is 48.0. The number of aryl methyl sites for hydroxylation is 2. The lowest BCUT2D eigenvalue weighted by Gasteiger charge is -2.05. The van der Waals surface area contributed by atoms with E-state index in [1.54, 1.807) is 32.0 Å². The van der Waals surface area contributed by atoms with Crippen molar-refractivity contribution in [1.29, 1.82) is 0 Å². The molecule has 0 saturated carbocycles. The molecule has 0 saturated heterocycles. The van der Waals surface area contributed by atoms with Crippen molar-refractivity contribution in [1.82, 2.24) is 0 Å². The molecule has 29 heavy (non-hydrogen) atoms. The Kier molecular flexibility index (Phi) is 8.09. The summed E-state index contributed by atoms with van der Waals surface area (Å²) < 4.78 is 9.87. The quantitative estimate of drug-likeness (QED) is 0.494. The topological polar surface area (TPSA) is 98.8 Å². The van der Waals surface area contributed by atoms with E-state index in [4.69, 9.17) is 9.47 Å². The molecule has 1 aromatic heterocycles. The van der Waals surface area contributed by atoms with E-state index in [2.05, 4.69) is 5.32 Å². The SMILES string of the molecule is CCOC(=O)c1sc(NC(=O)COC(=O)CCC(=O)c2ccc(C)cc2)cc1C. The van der Waals surface area contributed by atoms with Gasteiger partial charge in [-0.25, -0.2) is 4.79 Å². The number of thiophene rings is 1. The van der Waals surface area contributed by atoms with Gasteiger partial charge in [0.05, 0.1) is 18.0 Å². The number of carbonyl (C=O) groups excluding carboxylic acids is 4. The number of nitrogens with one attached hydrogen (secondary N) is 1. The van der Waals surface area contributed by atoms with E-state index in [-0.39, 0.29) is 25.2 Å². The van der Waals surface area contributed by atoms with Crippen LogP contribution in [0.15, 0.2) is 30.3 Å². The normalized spacial score (nSPS) is 10.3. The summed E-state index contributed by atoms with van der Waals surface area (Å²) in [5, 5.41) is 3.04. The number of carbonyl (C=O) groups is 4. The maximum absolute atomic E-state index is 12.1. The first-order valence-corrected chi connectivity index (χ1v) is 9.94. The molecular formula is C21H23NO6S. The van der Waals surface area contributed by atoms with Crippen molar-refractivity contribution >= 4 is 40.0 Å². The smallest absolute Gasteiger partial charge is 0.348 e. The zero-order valence-electron chi connectivity index (χ0n) is 16.6. The van der Waals surface area contributed by atoms with Crippen LogP contribution in [0.1, 0.15) is 50.9 Å². The molecule has 0 unspecified atom stereocenters. The third-order valence-corrected chi connectivity index (χ3v) is 5.07. The molecule has 7 nitrogen and oxygen atoms in total. The number of ether oxygens (including phenoxy) is 2. The second-order valence-corrected chi connectivity index (χ2v) is 7.39. The van der Waals surface area contributed by atoms with Gasteiger partial charge in [-0.2, -0.15) is 0 Å². The minimum Gasteiger partial charge on any atom is -0.462 e. The summed E-state index contributed by atoms with van der Waals surface area (Å²) >= 11 is 1.09. The first kappa shape index (κ1) is 22.3. The molecule has 2 aromatic rings. The number of esters is 2. The summed E-state index contributed by atoms with van der Waals surface area (Å²) in [5.74, 6) is -1.76. The predicted octanol–water partition coefficient (Wildman–Crippen LogP) is 3.69. The lowest BCUT2D eigenvalue weighted by Crippen LogP contribution is -2.20. The second kappa shape index (κ2) is 10.5. The van der Waals surface area contributed by atoms with Crippen molar-refractivity contribution in [2.45, 2.75) is 33.6 Å². The number of hydrogen-bond donors (Lipinski definition) is 1. The third kappa shape index (κ3) is 6.83. The summed E-state index contributed by atoms with van der Waals surface area (Å²) in [5.41, 5.74) is 2.27. The summed E-state index contributed by atoms with van der Waals surface area (Å²) in [7, 11) is 0. The van der Waals surface area contributed by atoms with E-state index >= 15 is 0 Å². The van der Waals surface area contributed by atoms with Crippen LogP contribution in [0.4, 0.5) is 5.00 Å². The molecule has 0 radical (unpaired) electrons. The third-order valence-electron chi connectivity index (χ3n) is 3.94. The number of benzene rings is 1. The van der Waals surface area contributed by atoms with Gasteiger partial charge in [0.2, 0.25) is 0 Å². The predicted molar refractivity (Wildman–Crippen MR) is 109 cm³/mol. The standard InChI is InChI=1S/C21H23NO6S/c1-4-27-21(26)20-14(3)11-18(29-20)22-17(24)12-28-19(25)10-9-16(23)15-7-5-13(2)6-8-15/h5-8,11H,4,9-10,12H2,1-3H3,(H,22,24). The number of Topliss-reactive ketones (excluding diaryl/α,β-unsaturated/α-hetero) is 1. The minimum atomic E-state index is -0.629. The number of ketones is 1. The van der Waals surface area contributed by atoms with Crippen LogP contribution < -0.4 is 5.32 Å². The Labute approximate surface area is 173 Å². The highest BCUT2D eigenvalue weighted by Gasteiger charge is 2.17. The Bertz CT molecular complexity index is 900. The highest BCUT2D eigenvalue weighted by atomic mass is 32.1. The number of amides is 1. The summed E-state index contributed by atoms with van der Waals surface area (Å²) in [6.45, 7) is 5.17. The molecule has 0 fully saturated rings. The molecule has 1 aromatic carbocycles. The molecule has 0 bridgehead atoms. The van der Waals surface area contributed by atoms with Crippen molar-refractivity contribution in [3.05, 3.63) is 51.9 Å². The second-order valence-electron chi connectivity index (χ2n) is 6.34. The molecule has 0 aliphatic rings. The Hall–Kier alpha value is -3.00. The molecule has 0 aliphatic carbocycles. The van der Waals surface area contributed by atoms with Gasteiger partial charge in [-0.1, -0.05) is 29.8 Å². The molecule has 0 spiro atoms. The van der Waals surface area contributed by atoms with Gasteiger partial charge < -0.3 is 14.8 Å². The van der Waals surface area contributed by atoms with Crippen molar-refractivity contribution in [3.8, 4) is 0 Å². The maximum atomic E-state index is 12.1. The maximum Gasteiger partial charge on any atom is 0.348 e. The van der Waals surface area contributed by atoms with Crippen molar-refractivity contribution in [2.75, 3.05) is 18.5 Å². The van der Waals surface area contributed by atoms with E-state index in [1.807, 2.05) is 19.1 Å². The van der Waals surface area contributed by atoms with Crippen LogP contribution in [0, 0.1) is 13.8 Å². The van der Waals surface area contributed by atoms with E-state index in [1.165, 1.54) is 0 Å². The first-order valence-electron chi connectivity index (χ1n) is 9.13. The monoisotopic (exact) mass is 417 g/mol. The van der Waals surface area contributed by atoms with E-state index in [0.717, 1.165) is 16.9 Å². The molecule has 0 aliphatic heterocycles. The van der Waals surface area contributed by atoms with Crippen LogP contribution in [0.25, 0.3) is 0 Å². The van der Waals surface area contributed by atoms with Gasteiger partial charge in [0.25, 0.3) is 5.91 Å². The lowest BCUT2D eigenvalue weighted by molar-refractivity contribution is -0.147. The van der Waals surface area contributed by atoms with E-state index < -0.39 is 24.5 Å². The minimum absolute atomic E-state index is 0.0104. The van der Waals surface area contributed by atoms with E-state index in [0.29, 0.717) is 21.0 Å². The fourth-order valence-electron chi connectivity index (χ4n) is 2.43. The fourth-order valence-corrected chi connectivity index (χ4v) is 3.42. The number of hydrogen-bond acceptors (Lipinski definition) is 7. The molecule has 154 valence electrons. The number of anilines is 1. The van der Waals surface area contributed by atoms with Crippen LogP contribution in [0.5, 0.6) is 0 Å². The van der Waals surface area contributed by atoms with Crippen molar-refractivity contribution < 1.29 is 28.7 Å². The van der Waals surface area contributed by atoms with E-state index in [9.17, 15) is 19.2 Å². The van der Waals surface area contributed by atoms with Crippen LogP contribution in [-0.4, -0.2) is 36.8 Å². The molecule has 8 heteroatoms. The first-order chi connectivity index (χ1) is 13.8. The molecular weight excluding hydrogens is 394 g/mol. The molecule has 1 heterocycles.